The van der Waals surface area contributed by atoms with Crippen LogP contribution in [0.2, 0.25) is 0 Å². The zero-order chi connectivity index (χ0) is 15.1. The normalized spacial score (nSPS) is 10.4. The van der Waals surface area contributed by atoms with Crippen molar-refractivity contribution in [2.24, 2.45) is 0 Å². The number of hydrogen-bond acceptors (Lipinski definition) is 3. The molecule has 0 spiro atoms. The second kappa shape index (κ2) is 7.65. The first-order chi connectivity index (χ1) is 9.41. The van der Waals surface area contributed by atoms with Crippen molar-refractivity contribution in [3.8, 4) is 0 Å². The number of carbonyl (C=O) groups excluding carboxylic acids is 2. The highest BCUT2D eigenvalue weighted by molar-refractivity contribution is 5.98. The number of rotatable bonds is 6. The Balaban J connectivity index is 2.84. The maximum atomic E-state index is 12.3. The van der Waals surface area contributed by atoms with Gasteiger partial charge in [0.2, 0.25) is 11.8 Å². The Kier molecular flexibility index (Phi) is 6.18. The van der Waals surface area contributed by atoms with Gasteiger partial charge in [-0.1, -0.05) is 18.2 Å². The zero-order valence-electron chi connectivity index (χ0n) is 12.7. The summed E-state index contributed by atoms with van der Waals surface area (Å²) in [7, 11) is 7.22. The lowest BCUT2D eigenvalue weighted by atomic mass is 10.2. The van der Waals surface area contributed by atoms with Crippen molar-refractivity contribution in [2.45, 2.75) is 6.42 Å². The molecule has 0 fully saturated rings. The molecule has 110 valence electrons. The number of benzene rings is 1. The second-order valence-electron chi connectivity index (χ2n) is 5.16. The molecule has 0 N–H and O–H groups in total. The summed E-state index contributed by atoms with van der Waals surface area (Å²) in [6.45, 7) is 0.738. The molecule has 0 saturated heterocycles. The van der Waals surface area contributed by atoms with E-state index in [4.69, 9.17) is 0 Å². The smallest absolute Gasteiger partial charge is 0.242 e. The fourth-order valence-electron chi connectivity index (χ4n) is 1.66. The summed E-state index contributed by atoms with van der Waals surface area (Å²) in [5.74, 6) is -0.132. The molecular weight excluding hydrogens is 254 g/mol. The van der Waals surface area contributed by atoms with E-state index < -0.39 is 0 Å². The van der Waals surface area contributed by atoms with Crippen molar-refractivity contribution in [3.05, 3.63) is 30.3 Å². The quantitative estimate of drug-likeness (QED) is 0.781. The zero-order valence-corrected chi connectivity index (χ0v) is 12.7. The summed E-state index contributed by atoms with van der Waals surface area (Å²) < 4.78 is 0. The van der Waals surface area contributed by atoms with Crippen molar-refractivity contribution in [1.82, 2.24) is 9.80 Å². The number of para-hydroxylation sites is 1. The summed E-state index contributed by atoms with van der Waals surface area (Å²) >= 11 is 0. The second-order valence-corrected chi connectivity index (χ2v) is 5.16. The Labute approximate surface area is 120 Å². The molecule has 0 radical (unpaired) electrons. The topological polar surface area (TPSA) is 43.9 Å². The highest BCUT2D eigenvalue weighted by Gasteiger charge is 2.19. The summed E-state index contributed by atoms with van der Waals surface area (Å²) in [4.78, 5) is 29.2. The third kappa shape index (κ3) is 5.01. The van der Waals surface area contributed by atoms with E-state index in [9.17, 15) is 9.59 Å². The Morgan fingerprint density at radius 1 is 0.950 bits per heavy atom. The highest BCUT2D eigenvalue weighted by atomic mass is 16.2. The third-order valence-corrected chi connectivity index (χ3v) is 2.93. The average Bonchev–Trinajstić information content (AvgIpc) is 2.42. The molecule has 0 aromatic heterocycles. The largest absolute Gasteiger partial charge is 0.347 e. The predicted octanol–water partition coefficient (Wildman–Crippen LogP) is 1.06. The number of carbonyl (C=O) groups is 2. The minimum atomic E-state index is -0.0907. The van der Waals surface area contributed by atoms with Gasteiger partial charge < -0.3 is 14.7 Å². The Morgan fingerprint density at radius 3 is 2.05 bits per heavy atom. The van der Waals surface area contributed by atoms with Crippen molar-refractivity contribution in [2.75, 3.05) is 46.2 Å². The van der Waals surface area contributed by atoms with Crippen LogP contribution in [0.1, 0.15) is 6.42 Å². The van der Waals surface area contributed by atoms with Crippen molar-refractivity contribution < 1.29 is 9.59 Å². The molecule has 0 bridgehead atoms. The molecule has 0 heterocycles. The fourth-order valence-corrected chi connectivity index (χ4v) is 1.66. The first-order valence-electron chi connectivity index (χ1n) is 6.62. The molecule has 20 heavy (non-hydrogen) atoms. The van der Waals surface area contributed by atoms with Crippen LogP contribution in [0.3, 0.4) is 0 Å². The lowest BCUT2D eigenvalue weighted by Crippen LogP contribution is -2.41. The minimum Gasteiger partial charge on any atom is -0.347 e. The van der Waals surface area contributed by atoms with Gasteiger partial charge in [0.05, 0.1) is 0 Å². The Bertz CT molecular complexity index is 444. The van der Waals surface area contributed by atoms with Crippen LogP contribution >= 0.6 is 0 Å². The SMILES string of the molecule is CN(C)CCC(=O)N(CC(=O)N(C)C)c1ccccc1. The molecule has 0 unspecified atom stereocenters. The molecule has 0 aliphatic rings. The lowest BCUT2D eigenvalue weighted by molar-refractivity contribution is -0.129. The third-order valence-electron chi connectivity index (χ3n) is 2.93. The number of hydrogen-bond donors (Lipinski definition) is 0. The number of amides is 2. The standard InChI is InChI=1S/C15H23N3O2/c1-16(2)11-10-14(19)18(12-15(20)17(3)4)13-8-6-5-7-9-13/h5-9H,10-12H2,1-4H3. The Hall–Kier alpha value is -1.88. The van der Waals surface area contributed by atoms with Gasteiger partial charge in [-0.15, -0.1) is 0 Å². The van der Waals surface area contributed by atoms with Gasteiger partial charge in [-0.3, -0.25) is 9.59 Å². The molecule has 2 amide bonds. The maximum absolute atomic E-state index is 12.3. The van der Waals surface area contributed by atoms with Gasteiger partial charge in [0.1, 0.15) is 6.54 Å². The molecule has 0 saturated carbocycles. The van der Waals surface area contributed by atoms with Gasteiger partial charge >= 0.3 is 0 Å². The van der Waals surface area contributed by atoms with Crippen LogP contribution < -0.4 is 4.90 Å². The fraction of sp³-hybridized carbons (Fsp3) is 0.467. The first-order valence-corrected chi connectivity index (χ1v) is 6.62. The van der Waals surface area contributed by atoms with Crippen LogP contribution in [-0.4, -0.2) is 62.9 Å². The van der Waals surface area contributed by atoms with E-state index in [0.29, 0.717) is 13.0 Å². The number of nitrogens with zero attached hydrogens (tertiary/aromatic N) is 3. The summed E-state index contributed by atoms with van der Waals surface area (Å²) in [6, 6.07) is 9.30. The van der Waals surface area contributed by atoms with Crippen molar-refractivity contribution in [3.63, 3.8) is 0 Å². The van der Waals surface area contributed by atoms with E-state index in [1.54, 1.807) is 19.0 Å². The molecular formula is C15H23N3O2. The van der Waals surface area contributed by atoms with Crippen LogP contribution in [0.15, 0.2) is 30.3 Å². The number of anilines is 1. The van der Waals surface area contributed by atoms with E-state index in [1.165, 1.54) is 4.90 Å². The monoisotopic (exact) mass is 277 g/mol. The number of likely N-dealkylation sites (N-methyl/N-ethyl adjacent to an activating group) is 1. The minimum absolute atomic E-state index is 0.0416. The summed E-state index contributed by atoms with van der Waals surface area (Å²) in [5.41, 5.74) is 0.756. The molecule has 0 aliphatic heterocycles. The van der Waals surface area contributed by atoms with Crippen LogP contribution in [-0.2, 0) is 9.59 Å². The van der Waals surface area contributed by atoms with Gasteiger partial charge in [-0.25, -0.2) is 0 Å². The van der Waals surface area contributed by atoms with Crippen LogP contribution in [0, 0.1) is 0 Å². The predicted molar refractivity (Wildman–Crippen MR) is 80.7 cm³/mol. The van der Waals surface area contributed by atoms with Gasteiger partial charge in [-0.05, 0) is 26.2 Å². The molecule has 1 rings (SSSR count). The van der Waals surface area contributed by atoms with E-state index >= 15 is 0 Å². The van der Waals surface area contributed by atoms with Gasteiger partial charge in [0, 0.05) is 32.7 Å². The molecule has 1 aromatic rings. The molecule has 0 atom stereocenters. The average molecular weight is 277 g/mol. The van der Waals surface area contributed by atoms with E-state index in [-0.39, 0.29) is 18.4 Å². The van der Waals surface area contributed by atoms with Crippen LogP contribution in [0.5, 0.6) is 0 Å². The summed E-state index contributed by atoms with van der Waals surface area (Å²) in [6.07, 6.45) is 0.391. The van der Waals surface area contributed by atoms with Gasteiger partial charge in [-0.2, -0.15) is 0 Å². The summed E-state index contributed by atoms with van der Waals surface area (Å²) in [5, 5.41) is 0. The highest BCUT2D eigenvalue weighted by Crippen LogP contribution is 2.14. The molecule has 5 heteroatoms. The molecule has 5 nitrogen and oxygen atoms in total. The Morgan fingerprint density at radius 2 is 1.55 bits per heavy atom. The van der Waals surface area contributed by atoms with E-state index in [2.05, 4.69) is 0 Å². The van der Waals surface area contributed by atoms with Gasteiger partial charge in [0.25, 0.3) is 0 Å². The molecule has 0 aliphatic carbocycles. The molecule has 1 aromatic carbocycles. The van der Waals surface area contributed by atoms with Crippen LogP contribution in [0.25, 0.3) is 0 Å². The van der Waals surface area contributed by atoms with E-state index in [0.717, 1.165) is 5.69 Å². The van der Waals surface area contributed by atoms with E-state index in [1.807, 2.05) is 49.3 Å². The maximum Gasteiger partial charge on any atom is 0.242 e. The lowest BCUT2D eigenvalue weighted by Gasteiger charge is -2.24. The van der Waals surface area contributed by atoms with Gasteiger partial charge in [0.15, 0.2) is 0 Å². The van der Waals surface area contributed by atoms with Crippen molar-refractivity contribution in [1.29, 1.82) is 0 Å². The van der Waals surface area contributed by atoms with Crippen molar-refractivity contribution >= 4 is 17.5 Å². The van der Waals surface area contributed by atoms with Crippen LogP contribution in [0.4, 0.5) is 5.69 Å². The first kappa shape index (κ1) is 16.2.